The second-order valence-corrected chi connectivity index (χ2v) is 5.17. The van der Waals surface area contributed by atoms with Gasteiger partial charge in [-0.3, -0.25) is 9.59 Å². The van der Waals surface area contributed by atoms with E-state index in [0.29, 0.717) is 4.88 Å². The summed E-state index contributed by atoms with van der Waals surface area (Å²) >= 11 is 1.47. The van der Waals surface area contributed by atoms with Crippen LogP contribution in [0.15, 0.2) is 6.07 Å². The number of aliphatic carboxylic acids is 1. The molecule has 0 aliphatic heterocycles. The van der Waals surface area contributed by atoms with Gasteiger partial charge in [0.2, 0.25) is 0 Å². The molecule has 0 aliphatic rings. The van der Waals surface area contributed by atoms with Gasteiger partial charge in [0.25, 0.3) is 5.91 Å². The van der Waals surface area contributed by atoms with Crippen molar-refractivity contribution in [1.82, 2.24) is 4.90 Å². The second-order valence-electron chi connectivity index (χ2n) is 3.92. The highest BCUT2D eigenvalue weighted by Gasteiger charge is 2.16. The average molecular weight is 255 g/mol. The lowest BCUT2D eigenvalue weighted by atomic mass is 10.2. The molecule has 1 heterocycles. The van der Waals surface area contributed by atoms with Gasteiger partial charge in [-0.2, -0.15) is 0 Å². The van der Waals surface area contributed by atoms with E-state index >= 15 is 0 Å². The molecule has 0 spiro atoms. The van der Waals surface area contributed by atoms with E-state index in [1.54, 1.807) is 7.05 Å². The number of hydrogen-bond donors (Lipinski definition) is 1. The molecule has 0 radical (unpaired) electrons. The Bertz CT molecular complexity index is 425. The smallest absolute Gasteiger partial charge is 0.305 e. The maximum Gasteiger partial charge on any atom is 0.305 e. The van der Waals surface area contributed by atoms with Crippen molar-refractivity contribution in [1.29, 1.82) is 0 Å². The predicted molar refractivity (Wildman–Crippen MR) is 67.6 cm³/mol. The fraction of sp³-hybridized carbons (Fsp3) is 0.500. The SMILES string of the molecule is CCc1cc(C(=O)N(C)CCC(=O)O)sc1C. The molecule has 5 heteroatoms. The molecule has 0 unspecified atom stereocenters. The molecule has 17 heavy (non-hydrogen) atoms. The van der Waals surface area contributed by atoms with E-state index in [0.717, 1.165) is 11.3 Å². The summed E-state index contributed by atoms with van der Waals surface area (Å²) < 4.78 is 0. The first-order valence-electron chi connectivity index (χ1n) is 5.52. The normalized spacial score (nSPS) is 10.3. The Labute approximate surface area is 105 Å². The Morgan fingerprint density at radius 1 is 1.47 bits per heavy atom. The molecule has 1 N–H and O–H groups in total. The van der Waals surface area contributed by atoms with Crippen LogP contribution < -0.4 is 0 Å². The first-order chi connectivity index (χ1) is 7.95. The highest BCUT2D eigenvalue weighted by Crippen LogP contribution is 2.23. The van der Waals surface area contributed by atoms with Gasteiger partial charge in [-0.15, -0.1) is 11.3 Å². The van der Waals surface area contributed by atoms with Gasteiger partial charge in [0.1, 0.15) is 0 Å². The summed E-state index contributed by atoms with van der Waals surface area (Å²) in [4.78, 5) is 25.7. The Balaban J connectivity index is 2.71. The Morgan fingerprint density at radius 3 is 2.59 bits per heavy atom. The Hall–Kier alpha value is -1.36. The quantitative estimate of drug-likeness (QED) is 0.877. The number of aryl methyl sites for hydroxylation is 2. The van der Waals surface area contributed by atoms with Crippen molar-refractivity contribution in [3.8, 4) is 0 Å². The highest BCUT2D eigenvalue weighted by molar-refractivity contribution is 7.14. The summed E-state index contributed by atoms with van der Waals surface area (Å²) in [5.74, 6) is -0.986. The number of nitrogens with zero attached hydrogens (tertiary/aromatic N) is 1. The lowest BCUT2D eigenvalue weighted by Gasteiger charge is -2.14. The second kappa shape index (κ2) is 5.82. The Morgan fingerprint density at radius 2 is 2.12 bits per heavy atom. The van der Waals surface area contributed by atoms with Crippen LogP contribution >= 0.6 is 11.3 Å². The van der Waals surface area contributed by atoms with E-state index in [2.05, 4.69) is 6.92 Å². The van der Waals surface area contributed by atoms with Gasteiger partial charge in [-0.05, 0) is 25.0 Å². The van der Waals surface area contributed by atoms with E-state index in [1.165, 1.54) is 21.8 Å². The molecule has 4 nitrogen and oxygen atoms in total. The zero-order valence-corrected chi connectivity index (χ0v) is 11.1. The van der Waals surface area contributed by atoms with Crippen molar-refractivity contribution in [2.45, 2.75) is 26.7 Å². The number of carboxylic acids is 1. The summed E-state index contributed by atoms with van der Waals surface area (Å²) in [5, 5.41) is 8.57. The third-order valence-corrected chi connectivity index (χ3v) is 3.70. The molecule has 0 aliphatic carbocycles. The maximum absolute atomic E-state index is 12.0. The molecule has 94 valence electrons. The van der Waals surface area contributed by atoms with Crippen molar-refractivity contribution in [3.63, 3.8) is 0 Å². The van der Waals surface area contributed by atoms with Crippen LogP contribution in [-0.4, -0.2) is 35.5 Å². The van der Waals surface area contributed by atoms with Crippen LogP contribution in [-0.2, 0) is 11.2 Å². The number of carbonyl (C=O) groups is 2. The number of carboxylic acid groups (broad SMARTS) is 1. The average Bonchev–Trinajstić information content (AvgIpc) is 2.66. The topological polar surface area (TPSA) is 57.6 Å². The molecular formula is C12H17NO3S. The van der Waals surface area contributed by atoms with Crippen molar-refractivity contribution >= 4 is 23.2 Å². The van der Waals surface area contributed by atoms with Gasteiger partial charge >= 0.3 is 5.97 Å². The highest BCUT2D eigenvalue weighted by atomic mass is 32.1. The summed E-state index contributed by atoms with van der Waals surface area (Å²) in [7, 11) is 1.63. The standard InChI is InChI=1S/C12H17NO3S/c1-4-9-7-10(17-8(9)2)12(16)13(3)6-5-11(14)15/h7H,4-6H2,1-3H3,(H,14,15). The molecule has 0 saturated carbocycles. The number of amides is 1. The third kappa shape index (κ3) is 3.56. The van der Waals surface area contributed by atoms with Gasteiger partial charge in [0.05, 0.1) is 11.3 Å². The molecule has 0 atom stereocenters. The summed E-state index contributed by atoms with van der Waals surface area (Å²) in [6.45, 7) is 4.29. The summed E-state index contributed by atoms with van der Waals surface area (Å²) in [5.41, 5.74) is 1.19. The van der Waals surface area contributed by atoms with E-state index < -0.39 is 5.97 Å². The van der Waals surface area contributed by atoms with E-state index in [1.807, 2.05) is 13.0 Å². The molecule has 1 aromatic rings. The van der Waals surface area contributed by atoms with E-state index in [-0.39, 0.29) is 18.9 Å². The molecule has 0 saturated heterocycles. The van der Waals surface area contributed by atoms with Crippen LogP contribution in [0, 0.1) is 6.92 Å². The molecule has 0 bridgehead atoms. The van der Waals surface area contributed by atoms with E-state index in [9.17, 15) is 9.59 Å². The minimum atomic E-state index is -0.888. The molecule has 1 aromatic heterocycles. The molecular weight excluding hydrogens is 238 g/mol. The maximum atomic E-state index is 12.0. The van der Waals surface area contributed by atoms with Crippen molar-refractivity contribution < 1.29 is 14.7 Å². The van der Waals surface area contributed by atoms with Crippen LogP contribution in [0.5, 0.6) is 0 Å². The third-order valence-electron chi connectivity index (χ3n) is 2.62. The number of carbonyl (C=O) groups excluding carboxylic acids is 1. The van der Waals surface area contributed by atoms with Gasteiger partial charge in [0, 0.05) is 18.5 Å². The number of thiophene rings is 1. The monoisotopic (exact) mass is 255 g/mol. The van der Waals surface area contributed by atoms with Crippen LogP contribution in [0.3, 0.4) is 0 Å². The fourth-order valence-corrected chi connectivity index (χ4v) is 2.64. The van der Waals surface area contributed by atoms with Crippen LogP contribution in [0.4, 0.5) is 0 Å². The fourth-order valence-electron chi connectivity index (χ4n) is 1.53. The largest absolute Gasteiger partial charge is 0.481 e. The van der Waals surface area contributed by atoms with Crippen LogP contribution in [0.2, 0.25) is 0 Å². The van der Waals surface area contributed by atoms with E-state index in [4.69, 9.17) is 5.11 Å². The lowest BCUT2D eigenvalue weighted by Crippen LogP contribution is -2.28. The van der Waals surface area contributed by atoms with Crippen molar-refractivity contribution in [2.24, 2.45) is 0 Å². The minimum absolute atomic E-state index is 0.0206. The van der Waals surface area contributed by atoms with Gasteiger partial charge in [-0.1, -0.05) is 6.92 Å². The first kappa shape index (κ1) is 13.7. The summed E-state index contributed by atoms with van der Waals surface area (Å²) in [6.07, 6.45) is 0.891. The molecule has 0 aromatic carbocycles. The lowest BCUT2D eigenvalue weighted by molar-refractivity contribution is -0.137. The number of hydrogen-bond acceptors (Lipinski definition) is 3. The van der Waals surface area contributed by atoms with Crippen LogP contribution in [0.1, 0.15) is 33.5 Å². The zero-order valence-electron chi connectivity index (χ0n) is 10.3. The molecule has 0 fully saturated rings. The van der Waals surface area contributed by atoms with Gasteiger partial charge in [-0.25, -0.2) is 0 Å². The molecule has 1 amide bonds. The van der Waals surface area contributed by atoms with Crippen LogP contribution in [0.25, 0.3) is 0 Å². The predicted octanol–water partition coefficient (Wildman–Crippen LogP) is 2.17. The minimum Gasteiger partial charge on any atom is -0.481 e. The Kier molecular flexibility index (Phi) is 4.69. The van der Waals surface area contributed by atoms with Gasteiger partial charge < -0.3 is 10.0 Å². The molecule has 1 rings (SSSR count). The summed E-state index contributed by atoms with van der Waals surface area (Å²) in [6, 6.07) is 1.90. The van der Waals surface area contributed by atoms with Gasteiger partial charge in [0.15, 0.2) is 0 Å². The van der Waals surface area contributed by atoms with Crippen molar-refractivity contribution in [2.75, 3.05) is 13.6 Å². The first-order valence-corrected chi connectivity index (χ1v) is 6.34. The zero-order chi connectivity index (χ0) is 13.0. The van der Waals surface area contributed by atoms with Crippen molar-refractivity contribution in [3.05, 3.63) is 21.4 Å². The number of rotatable bonds is 5.